The molecule has 128 valence electrons. The third kappa shape index (κ3) is 4.38. The van der Waals surface area contributed by atoms with Crippen LogP contribution in [-0.4, -0.2) is 12.0 Å². The van der Waals surface area contributed by atoms with Crippen LogP contribution in [0.2, 0.25) is 0 Å². The molecule has 2 aromatic carbocycles. The highest BCUT2D eigenvalue weighted by Crippen LogP contribution is 2.23. The van der Waals surface area contributed by atoms with Gasteiger partial charge in [0.05, 0.1) is 0 Å². The Morgan fingerprint density at radius 2 is 1.62 bits per heavy atom. The van der Waals surface area contributed by atoms with Crippen LogP contribution in [0.4, 0.5) is 5.69 Å². The average Bonchev–Trinajstić information content (AvgIpc) is 2.61. The van der Waals surface area contributed by atoms with Crippen molar-refractivity contribution in [3.63, 3.8) is 0 Å². The van der Waals surface area contributed by atoms with Crippen LogP contribution in [0.5, 0.6) is 5.75 Å². The highest BCUT2D eigenvalue weighted by Gasteiger charge is 2.17. The second-order valence-electron chi connectivity index (χ2n) is 5.91. The topological polar surface area (TPSA) is 38.3 Å². The molecule has 3 nitrogen and oxygen atoms in total. The second-order valence-corrected chi connectivity index (χ2v) is 5.91. The molecule has 1 amide bonds. The van der Waals surface area contributed by atoms with Gasteiger partial charge in [-0.15, -0.1) is 0 Å². The first kappa shape index (κ1) is 18.1. The van der Waals surface area contributed by atoms with Gasteiger partial charge in [-0.05, 0) is 55.0 Å². The molecule has 2 rings (SSSR count). The van der Waals surface area contributed by atoms with E-state index in [1.54, 1.807) is 6.92 Å². The van der Waals surface area contributed by atoms with Crippen molar-refractivity contribution in [2.45, 2.75) is 53.1 Å². The molecule has 1 atom stereocenters. The number of amides is 1. The van der Waals surface area contributed by atoms with E-state index in [2.05, 4.69) is 44.3 Å². The fourth-order valence-electron chi connectivity index (χ4n) is 2.72. The van der Waals surface area contributed by atoms with Crippen molar-refractivity contribution in [3.8, 4) is 5.75 Å². The molecule has 0 aromatic heterocycles. The van der Waals surface area contributed by atoms with Gasteiger partial charge >= 0.3 is 0 Å². The average molecular weight is 325 g/mol. The summed E-state index contributed by atoms with van der Waals surface area (Å²) in [5, 5.41) is 3.07. The summed E-state index contributed by atoms with van der Waals surface area (Å²) in [5.41, 5.74) is 4.45. The van der Waals surface area contributed by atoms with Gasteiger partial charge in [0.2, 0.25) is 0 Å². The third-order valence-electron chi connectivity index (χ3n) is 4.24. The van der Waals surface area contributed by atoms with E-state index in [4.69, 9.17) is 4.74 Å². The van der Waals surface area contributed by atoms with E-state index >= 15 is 0 Å². The Morgan fingerprint density at radius 3 is 2.21 bits per heavy atom. The summed E-state index contributed by atoms with van der Waals surface area (Å²) in [4.78, 5) is 12.6. The molecule has 0 aliphatic rings. The molecule has 1 unspecified atom stereocenters. The van der Waals surface area contributed by atoms with Crippen LogP contribution in [-0.2, 0) is 24.1 Å². The van der Waals surface area contributed by atoms with Crippen molar-refractivity contribution in [3.05, 3.63) is 59.2 Å². The first-order chi connectivity index (χ1) is 11.6. The number of para-hydroxylation sites is 1. The molecule has 2 aromatic rings. The normalized spacial score (nSPS) is 11.8. The van der Waals surface area contributed by atoms with Gasteiger partial charge in [-0.2, -0.15) is 0 Å². The van der Waals surface area contributed by atoms with E-state index in [1.165, 1.54) is 5.56 Å². The van der Waals surface area contributed by atoms with Gasteiger partial charge in [0.1, 0.15) is 5.75 Å². The largest absolute Gasteiger partial charge is 0.481 e. The van der Waals surface area contributed by atoms with Crippen LogP contribution in [0.15, 0.2) is 42.5 Å². The maximum absolute atomic E-state index is 12.6. The number of hydrogen-bond acceptors (Lipinski definition) is 2. The minimum absolute atomic E-state index is 0.118. The molecule has 1 N–H and O–H groups in total. The number of benzene rings is 2. The third-order valence-corrected chi connectivity index (χ3v) is 4.24. The molecule has 0 aliphatic carbocycles. The maximum Gasteiger partial charge on any atom is 0.265 e. The lowest BCUT2D eigenvalue weighted by molar-refractivity contribution is -0.122. The molecule has 0 bridgehead atoms. The maximum atomic E-state index is 12.6. The van der Waals surface area contributed by atoms with Crippen molar-refractivity contribution in [1.29, 1.82) is 0 Å². The number of carbonyl (C=O) groups is 1. The number of rotatable bonds is 7. The van der Waals surface area contributed by atoms with Crippen LogP contribution >= 0.6 is 0 Å². The Bertz CT molecular complexity index is 672. The van der Waals surface area contributed by atoms with Gasteiger partial charge in [0, 0.05) is 5.69 Å². The number of anilines is 1. The first-order valence-corrected chi connectivity index (χ1v) is 8.76. The summed E-state index contributed by atoms with van der Waals surface area (Å²) < 4.78 is 5.83. The highest BCUT2D eigenvalue weighted by atomic mass is 16.5. The van der Waals surface area contributed by atoms with Gasteiger partial charge in [0.25, 0.3) is 5.91 Å². The lowest BCUT2D eigenvalue weighted by atomic mass is 10.0. The number of aryl methyl sites for hydroxylation is 3. The Kier molecular flexibility index (Phi) is 6.42. The van der Waals surface area contributed by atoms with E-state index < -0.39 is 6.10 Å². The molecule has 0 fully saturated rings. The summed E-state index contributed by atoms with van der Waals surface area (Å²) in [6.45, 7) is 8.08. The lowest BCUT2D eigenvalue weighted by Crippen LogP contribution is -2.31. The Morgan fingerprint density at radius 1 is 1.00 bits per heavy atom. The zero-order valence-corrected chi connectivity index (χ0v) is 15.1. The standard InChI is InChI=1S/C21H27NO2/c1-5-16-10-8-13-19(14-16)24-15(4)21(23)22-20-17(6-2)11-9-12-18(20)7-3/h8-15H,5-7H2,1-4H3,(H,22,23). The van der Waals surface area contributed by atoms with Gasteiger partial charge in [0.15, 0.2) is 6.10 Å². The monoisotopic (exact) mass is 325 g/mol. The number of carbonyl (C=O) groups excluding carboxylic acids is 1. The smallest absolute Gasteiger partial charge is 0.265 e. The van der Waals surface area contributed by atoms with E-state index in [1.807, 2.05) is 24.3 Å². The number of hydrogen-bond donors (Lipinski definition) is 1. The van der Waals surface area contributed by atoms with Crippen LogP contribution in [0.25, 0.3) is 0 Å². The molecule has 3 heteroatoms. The predicted molar refractivity (Wildman–Crippen MR) is 99.7 cm³/mol. The SMILES string of the molecule is CCc1cccc(OC(C)C(=O)Nc2c(CC)cccc2CC)c1. The predicted octanol–water partition coefficient (Wildman–Crippen LogP) is 4.78. The van der Waals surface area contributed by atoms with Crippen molar-refractivity contribution in [2.24, 2.45) is 0 Å². The molecule has 0 aliphatic heterocycles. The summed E-state index contributed by atoms with van der Waals surface area (Å²) in [6.07, 6.45) is 2.17. The Hall–Kier alpha value is -2.29. The van der Waals surface area contributed by atoms with Crippen molar-refractivity contribution in [2.75, 3.05) is 5.32 Å². The fourth-order valence-corrected chi connectivity index (χ4v) is 2.72. The molecular weight excluding hydrogens is 298 g/mol. The number of ether oxygens (including phenoxy) is 1. The van der Waals surface area contributed by atoms with E-state index in [-0.39, 0.29) is 5.91 Å². The van der Waals surface area contributed by atoms with Gasteiger partial charge < -0.3 is 10.1 Å². The summed E-state index contributed by atoms with van der Waals surface area (Å²) in [6, 6.07) is 14.1. The van der Waals surface area contributed by atoms with Crippen LogP contribution in [0.3, 0.4) is 0 Å². The molecule has 0 heterocycles. The second kappa shape index (κ2) is 8.53. The van der Waals surface area contributed by atoms with Crippen molar-refractivity contribution < 1.29 is 9.53 Å². The molecule has 0 spiro atoms. The molecule has 0 saturated carbocycles. The lowest BCUT2D eigenvalue weighted by Gasteiger charge is -2.18. The summed E-state index contributed by atoms with van der Waals surface area (Å²) in [7, 11) is 0. The van der Waals surface area contributed by atoms with Crippen LogP contribution < -0.4 is 10.1 Å². The minimum atomic E-state index is -0.549. The Labute approximate surface area is 145 Å². The fraction of sp³-hybridized carbons (Fsp3) is 0.381. The molecule has 0 radical (unpaired) electrons. The van der Waals surface area contributed by atoms with Crippen molar-refractivity contribution in [1.82, 2.24) is 0 Å². The van der Waals surface area contributed by atoms with E-state index in [0.29, 0.717) is 0 Å². The minimum Gasteiger partial charge on any atom is -0.481 e. The van der Waals surface area contributed by atoms with Gasteiger partial charge in [-0.1, -0.05) is 51.1 Å². The number of nitrogens with one attached hydrogen (secondary N) is 1. The van der Waals surface area contributed by atoms with Gasteiger partial charge in [-0.3, -0.25) is 4.79 Å². The van der Waals surface area contributed by atoms with Crippen LogP contribution in [0.1, 0.15) is 44.4 Å². The molecule has 24 heavy (non-hydrogen) atoms. The van der Waals surface area contributed by atoms with E-state index in [0.717, 1.165) is 41.8 Å². The zero-order chi connectivity index (χ0) is 17.5. The molecular formula is C21H27NO2. The first-order valence-electron chi connectivity index (χ1n) is 8.76. The van der Waals surface area contributed by atoms with E-state index in [9.17, 15) is 4.79 Å². The van der Waals surface area contributed by atoms with Gasteiger partial charge in [-0.25, -0.2) is 0 Å². The Balaban J connectivity index is 2.11. The molecule has 0 saturated heterocycles. The highest BCUT2D eigenvalue weighted by molar-refractivity contribution is 5.95. The quantitative estimate of drug-likeness (QED) is 0.795. The van der Waals surface area contributed by atoms with Crippen molar-refractivity contribution >= 4 is 11.6 Å². The summed E-state index contributed by atoms with van der Waals surface area (Å²) >= 11 is 0. The summed E-state index contributed by atoms with van der Waals surface area (Å²) in [5.74, 6) is 0.615. The zero-order valence-electron chi connectivity index (χ0n) is 15.1. The van der Waals surface area contributed by atoms with Crippen LogP contribution in [0, 0.1) is 0 Å².